The molecule has 0 saturated carbocycles. The van der Waals surface area contributed by atoms with Gasteiger partial charge in [-0.2, -0.15) is 13.2 Å². The molecule has 0 aliphatic carbocycles. The fraction of sp³-hybridized carbons (Fsp3) is 0.0500. The van der Waals surface area contributed by atoms with Gasteiger partial charge in [0.2, 0.25) is 0 Å². The number of carbonyl (C=O) groups is 1. The molecule has 5 heteroatoms. The summed E-state index contributed by atoms with van der Waals surface area (Å²) >= 11 is 0. The molecular formula is C20H14F3OP. The van der Waals surface area contributed by atoms with E-state index in [4.69, 9.17) is 0 Å². The van der Waals surface area contributed by atoms with Crippen molar-refractivity contribution < 1.29 is 18.0 Å². The molecule has 0 unspecified atom stereocenters. The van der Waals surface area contributed by atoms with Crippen molar-refractivity contribution in [3.05, 3.63) is 90.0 Å². The van der Waals surface area contributed by atoms with Gasteiger partial charge in [-0.25, -0.2) is 0 Å². The van der Waals surface area contributed by atoms with Crippen LogP contribution in [0.25, 0.3) is 0 Å². The topological polar surface area (TPSA) is 17.1 Å². The van der Waals surface area contributed by atoms with Crippen LogP contribution in [-0.4, -0.2) is 6.29 Å². The van der Waals surface area contributed by atoms with Crippen LogP contribution in [0.2, 0.25) is 0 Å². The summed E-state index contributed by atoms with van der Waals surface area (Å²) in [6, 6.07) is 22.5. The van der Waals surface area contributed by atoms with Crippen LogP contribution in [0.1, 0.15) is 15.9 Å². The van der Waals surface area contributed by atoms with Crippen LogP contribution in [0.4, 0.5) is 13.2 Å². The van der Waals surface area contributed by atoms with Crippen LogP contribution in [-0.2, 0) is 6.18 Å². The van der Waals surface area contributed by atoms with Crippen LogP contribution >= 0.6 is 7.92 Å². The Balaban J connectivity index is 2.19. The average molecular weight is 358 g/mol. The first-order chi connectivity index (χ1) is 12.0. The maximum Gasteiger partial charge on any atom is 0.416 e. The molecule has 0 atom stereocenters. The summed E-state index contributed by atoms with van der Waals surface area (Å²) in [5, 5.41) is 2.58. The molecule has 0 saturated heterocycles. The van der Waals surface area contributed by atoms with E-state index in [2.05, 4.69) is 0 Å². The lowest BCUT2D eigenvalue weighted by Gasteiger charge is -2.21. The van der Waals surface area contributed by atoms with Gasteiger partial charge < -0.3 is 0 Å². The van der Waals surface area contributed by atoms with E-state index in [1.165, 1.54) is 6.07 Å². The monoisotopic (exact) mass is 358 g/mol. The molecule has 0 aliphatic heterocycles. The zero-order chi connectivity index (χ0) is 17.9. The number of carbonyl (C=O) groups excluding carboxylic acids is 1. The Morgan fingerprint density at radius 3 is 1.72 bits per heavy atom. The van der Waals surface area contributed by atoms with Crippen molar-refractivity contribution >= 4 is 30.1 Å². The Morgan fingerprint density at radius 1 is 0.760 bits per heavy atom. The van der Waals surface area contributed by atoms with Crippen molar-refractivity contribution in [3.63, 3.8) is 0 Å². The molecule has 1 nitrogen and oxygen atoms in total. The van der Waals surface area contributed by atoms with E-state index in [-0.39, 0.29) is 5.56 Å². The van der Waals surface area contributed by atoms with Crippen LogP contribution in [0, 0.1) is 0 Å². The van der Waals surface area contributed by atoms with E-state index < -0.39 is 19.7 Å². The van der Waals surface area contributed by atoms with E-state index in [0.29, 0.717) is 11.6 Å². The van der Waals surface area contributed by atoms with Crippen LogP contribution in [0.5, 0.6) is 0 Å². The van der Waals surface area contributed by atoms with Gasteiger partial charge >= 0.3 is 6.18 Å². The summed E-state index contributed by atoms with van der Waals surface area (Å²) in [7, 11) is -1.12. The molecule has 3 rings (SSSR count). The number of alkyl halides is 3. The first-order valence-corrected chi connectivity index (χ1v) is 8.91. The molecule has 0 fully saturated rings. The Morgan fingerprint density at radius 2 is 1.28 bits per heavy atom. The number of hydrogen-bond acceptors (Lipinski definition) is 1. The van der Waals surface area contributed by atoms with Gasteiger partial charge in [0.15, 0.2) is 6.29 Å². The van der Waals surface area contributed by atoms with E-state index >= 15 is 0 Å². The van der Waals surface area contributed by atoms with E-state index in [0.717, 1.165) is 22.7 Å². The quantitative estimate of drug-likeness (QED) is 0.503. The second-order valence-corrected chi connectivity index (χ2v) is 7.58. The first-order valence-electron chi connectivity index (χ1n) is 7.57. The first kappa shape index (κ1) is 17.4. The fourth-order valence-electron chi connectivity index (χ4n) is 2.61. The van der Waals surface area contributed by atoms with Crippen molar-refractivity contribution in [1.82, 2.24) is 0 Å². The average Bonchev–Trinajstić information content (AvgIpc) is 2.63. The summed E-state index contributed by atoms with van der Waals surface area (Å²) in [4.78, 5) is 11.5. The third kappa shape index (κ3) is 3.80. The molecule has 0 N–H and O–H groups in total. The van der Waals surface area contributed by atoms with Crippen molar-refractivity contribution in [3.8, 4) is 0 Å². The van der Waals surface area contributed by atoms with Gasteiger partial charge in [0.05, 0.1) is 5.56 Å². The molecule has 3 aromatic rings. The summed E-state index contributed by atoms with van der Waals surface area (Å²) in [5.41, 5.74) is -0.733. The molecule has 0 heterocycles. The Hall–Kier alpha value is -2.45. The second kappa shape index (κ2) is 7.20. The molecule has 0 spiro atoms. The molecular weight excluding hydrogens is 344 g/mol. The molecule has 0 bridgehead atoms. The Kier molecular flexibility index (Phi) is 5.00. The molecule has 3 aromatic carbocycles. The molecule has 0 aliphatic rings. The smallest absolute Gasteiger partial charge is 0.298 e. The van der Waals surface area contributed by atoms with Crippen molar-refractivity contribution in [2.75, 3.05) is 0 Å². The van der Waals surface area contributed by atoms with E-state index in [1.54, 1.807) is 0 Å². The highest BCUT2D eigenvalue weighted by Crippen LogP contribution is 2.36. The molecule has 0 aromatic heterocycles. The second-order valence-electron chi connectivity index (χ2n) is 5.40. The number of benzene rings is 3. The van der Waals surface area contributed by atoms with Gasteiger partial charge in [-0.05, 0) is 36.0 Å². The summed E-state index contributed by atoms with van der Waals surface area (Å²) < 4.78 is 38.9. The summed E-state index contributed by atoms with van der Waals surface area (Å²) in [5.74, 6) is 0. The normalized spacial score (nSPS) is 11.5. The number of halogens is 3. The fourth-order valence-corrected chi connectivity index (χ4v) is 5.00. The summed E-state index contributed by atoms with van der Waals surface area (Å²) in [6.45, 7) is 0. The SMILES string of the molecule is O=Cc1cc(C(F)(F)F)ccc1P(c1ccccc1)c1ccccc1. The molecule has 0 radical (unpaired) electrons. The number of aldehydes is 1. The van der Waals surface area contributed by atoms with Gasteiger partial charge in [0.25, 0.3) is 0 Å². The minimum absolute atomic E-state index is 0.0774. The molecule has 25 heavy (non-hydrogen) atoms. The lowest BCUT2D eigenvalue weighted by Crippen LogP contribution is -2.24. The van der Waals surface area contributed by atoms with Gasteiger partial charge in [-0.15, -0.1) is 0 Å². The third-order valence-electron chi connectivity index (χ3n) is 3.75. The lowest BCUT2D eigenvalue weighted by atomic mass is 10.1. The number of hydrogen-bond donors (Lipinski definition) is 0. The number of rotatable bonds is 4. The minimum atomic E-state index is -4.47. The van der Waals surface area contributed by atoms with Crippen LogP contribution in [0.15, 0.2) is 78.9 Å². The predicted molar refractivity (Wildman–Crippen MR) is 95.5 cm³/mol. The van der Waals surface area contributed by atoms with Crippen molar-refractivity contribution in [2.45, 2.75) is 6.18 Å². The minimum Gasteiger partial charge on any atom is -0.298 e. The zero-order valence-corrected chi connectivity index (χ0v) is 14.0. The third-order valence-corrected chi connectivity index (χ3v) is 6.27. The highest BCUT2D eigenvalue weighted by Gasteiger charge is 2.32. The largest absolute Gasteiger partial charge is 0.416 e. The van der Waals surface area contributed by atoms with Crippen molar-refractivity contribution in [2.24, 2.45) is 0 Å². The Labute approximate surface area is 144 Å². The highest BCUT2D eigenvalue weighted by molar-refractivity contribution is 7.80. The van der Waals surface area contributed by atoms with Gasteiger partial charge in [-0.1, -0.05) is 66.7 Å². The molecule has 126 valence electrons. The molecule has 0 amide bonds. The summed E-state index contributed by atoms with van der Waals surface area (Å²) in [6.07, 6.45) is -3.97. The van der Waals surface area contributed by atoms with Gasteiger partial charge in [-0.3, -0.25) is 4.79 Å². The highest BCUT2D eigenvalue weighted by atomic mass is 31.1. The standard InChI is InChI=1S/C20H14F3OP/c21-20(22,23)16-11-12-19(15(13-16)14-24)25(17-7-3-1-4-8-17)18-9-5-2-6-10-18/h1-14H. The zero-order valence-electron chi connectivity index (χ0n) is 13.1. The van der Waals surface area contributed by atoms with Crippen LogP contribution in [0.3, 0.4) is 0 Å². The van der Waals surface area contributed by atoms with Crippen LogP contribution < -0.4 is 15.9 Å². The maximum absolute atomic E-state index is 13.0. The lowest BCUT2D eigenvalue weighted by molar-refractivity contribution is -0.137. The van der Waals surface area contributed by atoms with Gasteiger partial charge in [0, 0.05) is 5.56 Å². The maximum atomic E-state index is 13.0. The van der Waals surface area contributed by atoms with E-state index in [1.807, 2.05) is 60.7 Å². The van der Waals surface area contributed by atoms with Crippen molar-refractivity contribution in [1.29, 1.82) is 0 Å². The van der Waals surface area contributed by atoms with E-state index in [9.17, 15) is 18.0 Å². The Bertz CT molecular complexity index is 822. The van der Waals surface area contributed by atoms with Gasteiger partial charge in [0.1, 0.15) is 0 Å². The predicted octanol–water partition coefficient (Wildman–Crippen LogP) is 4.28.